The van der Waals surface area contributed by atoms with E-state index in [4.69, 9.17) is 0 Å². The van der Waals surface area contributed by atoms with Crippen LogP contribution < -0.4 is 10.6 Å². The molecule has 2 aromatic heterocycles. The van der Waals surface area contributed by atoms with E-state index in [1.807, 2.05) is 0 Å². The highest BCUT2D eigenvalue weighted by atomic mass is 32.2. The average Bonchev–Trinajstić information content (AvgIpc) is 3.43. The van der Waals surface area contributed by atoms with Crippen molar-refractivity contribution in [2.75, 3.05) is 23.9 Å². The van der Waals surface area contributed by atoms with Gasteiger partial charge in [0.25, 0.3) is 17.6 Å². The third-order valence-corrected chi connectivity index (χ3v) is 7.95. The number of aliphatic carboxylic acids is 1. The molecule has 2 atom stereocenters. The van der Waals surface area contributed by atoms with Crippen LogP contribution in [0.3, 0.4) is 0 Å². The van der Waals surface area contributed by atoms with Crippen molar-refractivity contribution >= 4 is 63.6 Å². The molecule has 1 fully saturated rings. The maximum atomic E-state index is 12.7. The molecule has 0 saturated carbocycles. The van der Waals surface area contributed by atoms with Crippen molar-refractivity contribution < 1.29 is 24.3 Å². The van der Waals surface area contributed by atoms with E-state index in [1.54, 1.807) is 14.1 Å². The second-order valence-electron chi connectivity index (χ2n) is 6.61. The number of carbonyl (C=O) groups excluding carboxylic acids is 3. The first-order valence-corrected chi connectivity index (χ1v) is 12.0. The summed E-state index contributed by atoms with van der Waals surface area (Å²) in [7, 11) is 3.30. The Morgan fingerprint density at radius 2 is 2.16 bits per heavy atom. The van der Waals surface area contributed by atoms with Gasteiger partial charge in [0, 0.05) is 31.0 Å². The molecule has 1 saturated heterocycles. The number of ketones is 1. The SMILES string of the molecule is CNc1nc(C(=O)C(=O)NC2C(=O)N3C(C(=O)O)=C(CSc4nnnn4C)CS[C@H]23)cs1. The second kappa shape index (κ2) is 8.87. The zero-order valence-corrected chi connectivity index (χ0v) is 19.1. The summed E-state index contributed by atoms with van der Waals surface area (Å²) < 4.78 is 1.46. The van der Waals surface area contributed by atoms with Crippen molar-refractivity contribution in [2.45, 2.75) is 16.6 Å². The van der Waals surface area contributed by atoms with E-state index in [1.165, 1.54) is 44.9 Å². The number of carboxylic acid groups (broad SMARTS) is 1. The number of hydrogen-bond donors (Lipinski definition) is 3. The summed E-state index contributed by atoms with van der Waals surface area (Å²) in [6, 6.07) is -0.995. The van der Waals surface area contributed by atoms with Gasteiger partial charge in [0.2, 0.25) is 5.16 Å². The fourth-order valence-corrected chi connectivity index (χ4v) is 6.09. The number of anilines is 1. The minimum Gasteiger partial charge on any atom is -0.477 e. The fourth-order valence-electron chi connectivity index (χ4n) is 3.11. The van der Waals surface area contributed by atoms with Gasteiger partial charge >= 0.3 is 5.97 Å². The number of rotatable bonds is 8. The molecule has 0 radical (unpaired) electrons. The topological polar surface area (TPSA) is 172 Å². The highest BCUT2D eigenvalue weighted by Gasteiger charge is 2.54. The van der Waals surface area contributed by atoms with Crippen LogP contribution in [0.2, 0.25) is 0 Å². The normalized spacial score (nSPS) is 19.9. The van der Waals surface area contributed by atoms with E-state index in [9.17, 15) is 24.3 Å². The highest BCUT2D eigenvalue weighted by Crippen LogP contribution is 2.41. The first kappa shape index (κ1) is 22.2. The molecule has 168 valence electrons. The number of fused-ring (bicyclic) bond motifs is 1. The molecule has 0 aromatic carbocycles. The van der Waals surface area contributed by atoms with Crippen molar-refractivity contribution in [1.29, 1.82) is 0 Å². The van der Waals surface area contributed by atoms with E-state index < -0.39 is 35.0 Å². The molecule has 2 amide bonds. The first-order chi connectivity index (χ1) is 15.3. The van der Waals surface area contributed by atoms with Crippen LogP contribution in [0.1, 0.15) is 10.5 Å². The van der Waals surface area contributed by atoms with Crippen LogP contribution in [0.5, 0.6) is 0 Å². The molecule has 3 N–H and O–H groups in total. The number of thioether (sulfide) groups is 2. The zero-order valence-electron chi connectivity index (χ0n) is 16.6. The van der Waals surface area contributed by atoms with Crippen LogP contribution in [0.25, 0.3) is 0 Å². The minimum atomic E-state index is -1.24. The summed E-state index contributed by atoms with van der Waals surface area (Å²) in [6.45, 7) is 0. The summed E-state index contributed by atoms with van der Waals surface area (Å²) in [5, 5.41) is 27.8. The molecule has 0 aliphatic carbocycles. The molecule has 0 bridgehead atoms. The number of nitrogens with one attached hydrogen (secondary N) is 2. The third-order valence-electron chi connectivity index (χ3n) is 4.65. The number of aryl methyl sites for hydroxylation is 1. The van der Waals surface area contributed by atoms with E-state index in [0.717, 1.165) is 4.90 Å². The maximum absolute atomic E-state index is 12.7. The van der Waals surface area contributed by atoms with Gasteiger partial charge in [0.1, 0.15) is 22.8 Å². The van der Waals surface area contributed by atoms with E-state index in [0.29, 0.717) is 21.6 Å². The lowest BCUT2D eigenvalue weighted by Crippen LogP contribution is -2.71. The molecule has 4 heterocycles. The molecule has 16 heteroatoms. The van der Waals surface area contributed by atoms with Crippen LogP contribution in [0.15, 0.2) is 21.8 Å². The molecule has 4 rings (SSSR count). The molecule has 2 aromatic rings. The highest BCUT2D eigenvalue weighted by molar-refractivity contribution is 8.01. The van der Waals surface area contributed by atoms with Gasteiger partial charge in [-0.3, -0.25) is 19.3 Å². The van der Waals surface area contributed by atoms with Gasteiger partial charge in [-0.1, -0.05) is 11.8 Å². The minimum absolute atomic E-state index is 0.0273. The number of β-lactam (4-membered cyclic amide) rings is 1. The van der Waals surface area contributed by atoms with Gasteiger partial charge in [-0.25, -0.2) is 14.5 Å². The Labute approximate surface area is 193 Å². The van der Waals surface area contributed by atoms with Crippen LogP contribution in [-0.2, 0) is 21.4 Å². The van der Waals surface area contributed by atoms with Gasteiger partial charge in [0.05, 0.1) is 0 Å². The molecule has 0 spiro atoms. The number of nitrogens with zero attached hydrogens (tertiary/aromatic N) is 6. The van der Waals surface area contributed by atoms with Crippen LogP contribution in [0, 0.1) is 0 Å². The third kappa shape index (κ3) is 3.95. The zero-order chi connectivity index (χ0) is 23.0. The summed E-state index contributed by atoms with van der Waals surface area (Å²) in [5.41, 5.74) is 0.403. The van der Waals surface area contributed by atoms with Gasteiger partial charge < -0.3 is 15.7 Å². The number of amides is 2. The number of Topliss-reactive ketones (excluding diaryl/α,β-unsaturated/α-hetero) is 1. The van der Waals surface area contributed by atoms with Crippen molar-refractivity contribution in [1.82, 2.24) is 35.4 Å². The van der Waals surface area contributed by atoms with Crippen LogP contribution in [0.4, 0.5) is 5.13 Å². The van der Waals surface area contributed by atoms with Gasteiger partial charge in [0.15, 0.2) is 5.13 Å². The lowest BCUT2D eigenvalue weighted by molar-refractivity contribution is -0.150. The Bertz CT molecular complexity index is 1140. The number of carboxylic acids is 1. The predicted octanol–water partition coefficient (Wildman–Crippen LogP) is -0.578. The maximum Gasteiger partial charge on any atom is 0.352 e. The van der Waals surface area contributed by atoms with Gasteiger partial charge in [-0.05, 0) is 16.0 Å². The average molecular weight is 497 g/mol. The molecular weight excluding hydrogens is 480 g/mol. The number of hydrogen-bond acceptors (Lipinski definition) is 12. The standard InChI is InChI=1S/C16H16N8O5S3/c1-17-15-18-7(5-31-15)10(25)11(26)19-8-12(27)24-9(14(28)29)6(3-30-13(8)24)4-32-16-20-21-22-23(16)2/h5,8,13H,3-4H2,1-2H3,(H,17,18)(H,19,26)(H,28,29)/t8?,13-/m1/s1. The van der Waals surface area contributed by atoms with Crippen LogP contribution in [-0.4, -0.2) is 88.7 Å². The molecule has 2 aliphatic rings. The first-order valence-electron chi connectivity index (χ1n) is 9.05. The summed E-state index contributed by atoms with van der Waals surface area (Å²) >= 11 is 3.74. The number of aromatic nitrogens is 5. The van der Waals surface area contributed by atoms with E-state index >= 15 is 0 Å². The largest absolute Gasteiger partial charge is 0.477 e. The Morgan fingerprint density at radius 1 is 1.38 bits per heavy atom. The monoisotopic (exact) mass is 496 g/mol. The Morgan fingerprint density at radius 3 is 2.78 bits per heavy atom. The van der Waals surface area contributed by atoms with Gasteiger partial charge in [-0.15, -0.1) is 28.2 Å². The van der Waals surface area contributed by atoms with E-state index in [2.05, 4.69) is 31.1 Å². The quantitative estimate of drug-likeness (QED) is 0.184. The van der Waals surface area contributed by atoms with Crippen molar-refractivity contribution in [3.63, 3.8) is 0 Å². The number of thiazole rings is 1. The molecule has 13 nitrogen and oxygen atoms in total. The lowest BCUT2D eigenvalue weighted by Gasteiger charge is -2.49. The summed E-state index contributed by atoms with van der Waals surface area (Å²) in [6.07, 6.45) is 0. The van der Waals surface area contributed by atoms with Gasteiger partial charge in [-0.2, -0.15) is 0 Å². The van der Waals surface area contributed by atoms with Crippen molar-refractivity contribution in [3.8, 4) is 0 Å². The van der Waals surface area contributed by atoms with Crippen molar-refractivity contribution in [3.05, 3.63) is 22.3 Å². The smallest absolute Gasteiger partial charge is 0.352 e. The lowest BCUT2D eigenvalue weighted by atomic mass is 10.0. The Kier molecular flexibility index (Phi) is 6.16. The molecule has 32 heavy (non-hydrogen) atoms. The van der Waals surface area contributed by atoms with Crippen molar-refractivity contribution in [2.24, 2.45) is 7.05 Å². The predicted molar refractivity (Wildman–Crippen MR) is 115 cm³/mol. The molecule has 1 unspecified atom stereocenters. The van der Waals surface area contributed by atoms with Crippen LogP contribution >= 0.6 is 34.9 Å². The number of carbonyl (C=O) groups is 4. The second-order valence-corrected chi connectivity index (χ2v) is 9.51. The summed E-state index contributed by atoms with van der Waals surface area (Å²) in [5.74, 6) is -3.03. The Balaban J connectivity index is 1.45. The fraction of sp³-hybridized carbons (Fsp3) is 0.375. The molecule has 2 aliphatic heterocycles. The molecular formula is C16H16N8O5S3. The Hall–Kier alpha value is -2.98. The van der Waals surface area contributed by atoms with E-state index in [-0.39, 0.29) is 17.1 Å². The summed E-state index contributed by atoms with van der Waals surface area (Å²) in [4.78, 5) is 54.4. The number of tetrazole rings is 1.